The Labute approximate surface area is 132 Å². The highest BCUT2D eigenvalue weighted by Gasteiger charge is 2.21. The number of nitrogens with one attached hydrogen (secondary N) is 1. The molecule has 1 aromatic rings. The maximum absolute atomic E-state index is 12.2. The van der Waals surface area contributed by atoms with Gasteiger partial charge in [0.1, 0.15) is 0 Å². The van der Waals surface area contributed by atoms with Crippen LogP contribution in [0.4, 0.5) is 0 Å². The van der Waals surface area contributed by atoms with Crippen LogP contribution in [0.3, 0.4) is 0 Å². The number of carbonyl (C=O) groups excluding carboxylic acids is 1. The SMILES string of the molecule is Cc1c(C(=O)NCC(C)(C)C)cc(Br)cc1S(=O)(=O)Cl. The molecule has 0 radical (unpaired) electrons. The molecule has 0 saturated heterocycles. The van der Waals surface area contributed by atoms with Crippen molar-refractivity contribution in [1.82, 2.24) is 5.32 Å². The normalized spacial score (nSPS) is 12.3. The van der Waals surface area contributed by atoms with Gasteiger partial charge in [-0.1, -0.05) is 36.7 Å². The molecule has 0 aliphatic carbocycles. The Morgan fingerprint density at radius 2 is 1.90 bits per heavy atom. The standard InChI is InChI=1S/C13H17BrClNO3S/c1-8-10(12(17)16-7-13(2,3)4)5-9(14)6-11(8)20(15,18)19/h5-6H,7H2,1-4H3,(H,16,17). The van der Waals surface area contributed by atoms with Gasteiger partial charge in [0.25, 0.3) is 15.0 Å². The summed E-state index contributed by atoms with van der Waals surface area (Å²) in [5.74, 6) is -0.319. The molecule has 0 fully saturated rings. The van der Waals surface area contributed by atoms with E-state index in [4.69, 9.17) is 10.7 Å². The minimum atomic E-state index is -3.89. The number of halogens is 2. The maximum Gasteiger partial charge on any atom is 0.261 e. The molecule has 0 atom stereocenters. The van der Waals surface area contributed by atoms with Crippen LogP contribution < -0.4 is 5.32 Å². The Bertz CT molecular complexity index is 636. The summed E-state index contributed by atoms with van der Waals surface area (Å²) in [6, 6.07) is 2.97. The van der Waals surface area contributed by atoms with Crippen LogP contribution in [0.25, 0.3) is 0 Å². The van der Waals surface area contributed by atoms with Crippen LogP contribution in [0.1, 0.15) is 36.7 Å². The first-order valence-electron chi connectivity index (χ1n) is 5.95. The largest absolute Gasteiger partial charge is 0.352 e. The van der Waals surface area contributed by atoms with Gasteiger partial charge in [0.05, 0.1) is 4.90 Å². The van der Waals surface area contributed by atoms with Gasteiger partial charge < -0.3 is 5.32 Å². The lowest BCUT2D eigenvalue weighted by molar-refractivity contribution is 0.0938. The quantitative estimate of drug-likeness (QED) is 0.814. The molecule has 0 saturated carbocycles. The highest BCUT2D eigenvalue weighted by molar-refractivity contribution is 9.10. The Kier molecular flexibility index (Phi) is 5.27. The van der Waals surface area contributed by atoms with Crippen LogP contribution in [0.5, 0.6) is 0 Å². The van der Waals surface area contributed by atoms with E-state index in [0.29, 0.717) is 22.1 Å². The van der Waals surface area contributed by atoms with Crippen molar-refractivity contribution < 1.29 is 13.2 Å². The van der Waals surface area contributed by atoms with Crippen LogP contribution in [-0.4, -0.2) is 20.9 Å². The number of rotatable bonds is 3. The molecule has 20 heavy (non-hydrogen) atoms. The monoisotopic (exact) mass is 381 g/mol. The molecule has 0 aliphatic heterocycles. The van der Waals surface area contributed by atoms with Crippen molar-refractivity contribution in [1.29, 1.82) is 0 Å². The molecular weight excluding hydrogens is 366 g/mol. The van der Waals surface area contributed by atoms with E-state index in [-0.39, 0.29) is 16.2 Å². The minimum absolute atomic E-state index is 0.0586. The van der Waals surface area contributed by atoms with Gasteiger partial charge in [-0.15, -0.1) is 0 Å². The van der Waals surface area contributed by atoms with Crippen LogP contribution in [-0.2, 0) is 9.05 Å². The van der Waals surface area contributed by atoms with E-state index in [1.807, 2.05) is 20.8 Å². The number of benzene rings is 1. The van der Waals surface area contributed by atoms with E-state index >= 15 is 0 Å². The molecule has 1 N–H and O–H groups in total. The lowest BCUT2D eigenvalue weighted by Crippen LogP contribution is -2.32. The van der Waals surface area contributed by atoms with E-state index in [9.17, 15) is 13.2 Å². The summed E-state index contributed by atoms with van der Waals surface area (Å²) in [5, 5.41) is 2.79. The fourth-order valence-corrected chi connectivity index (χ4v) is 3.42. The fourth-order valence-electron chi connectivity index (χ4n) is 1.58. The summed E-state index contributed by atoms with van der Waals surface area (Å²) in [6.45, 7) is 8.04. The number of hydrogen-bond acceptors (Lipinski definition) is 3. The molecule has 7 heteroatoms. The minimum Gasteiger partial charge on any atom is -0.352 e. The second kappa shape index (κ2) is 6.03. The highest BCUT2D eigenvalue weighted by atomic mass is 79.9. The van der Waals surface area contributed by atoms with Gasteiger partial charge in [-0.3, -0.25) is 4.79 Å². The highest BCUT2D eigenvalue weighted by Crippen LogP contribution is 2.27. The summed E-state index contributed by atoms with van der Waals surface area (Å²) >= 11 is 3.20. The molecular formula is C13H17BrClNO3S. The zero-order chi connectivity index (χ0) is 15.7. The number of carbonyl (C=O) groups is 1. The molecule has 0 spiro atoms. The average molecular weight is 383 g/mol. The summed E-state index contributed by atoms with van der Waals surface area (Å²) < 4.78 is 23.5. The van der Waals surface area contributed by atoms with Crippen molar-refractivity contribution in [3.05, 3.63) is 27.7 Å². The molecule has 0 bridgehead atoms. The third kappa shape index (κ3) is 4.75. The first-order valence-corrected chi connectivity index (χ1v) is 9.05. The third-order valence-corrected chi connectivity index (χ3v) is 4.52. The first kappa shape index (κ1) is 17.5. The summed E-state index contributed by atoms with van der Waals surface area (Å²) in [7, 11) is 1.49. The molecule has 4 nitrogen and oxygen atoms in total. The fraction of sp³-hybridized carbons (Fsp3) is 0.462. The average Bonchev–Trinajstić information content (AvgIpc) is 2.26. The zero-order valence-corrected chi connectivity index (χ0v) is 14.9. The molecule has 0 unspecified atom stereocenters. The van der Waals surface area contributed by atoms with Crippen molar-refractivity contribution in [3.63, 3.8) is 0 Å². The zero-order valence-electron chi connectivity index (χ0n) is 11.8. The van der Waals surface area contributed by atoms with Crippen LogP contribution in [0, 0.1) is 12.3 Å². The number of hydrogen-bond donors (Lipinski definition) is 1. The van der Waals surface area contributed by atoms with Gasteiger partial charge >= 0.3 is 0 Å². The molecule has 112 valence electrons. The van der Waals surface area contributed by atoms with Crippen molar-refractivity contribution in [2.24, 2.45) is 5.41 Å². The molecule has 0 heterocycles. The van der Waals surface area contributed by atoms with Crippen LogP contribution >= 0.6 is 26.6 Å². The third-order valence-electron chi connectivity index (χ3n) is 2.61. The maximum atomic E-state index is 12.2. The molecule has 1 amide bonds. The van der Waals surface area contributed by atoms with Gasteiger partial charge in [0, 0.05) is 27.3 Å². The van der Waals surface area contributed by atoms with Crippen molar-refractivity contribution in [3.8, 4) is 0 Å². The molecule has 1 aromatic carbocycles. The second-order valence-corrected chi connectivity index (χ2v) is 9.21. The van der Waals surface area contributed by atoms with Gasteiger partial charge in [-0.2, -0.15) is 0 Å². The lowest BCUT2D eigenvalue weighted by Gasteiger charge is -2.19. The van der Waals surface area contributed by atoms with E-state index < -0.39 is 9.05 Å². The smallest absolute Gasteiger partial charge is 0.261 e. The number of amides is 1. The predicted octanol–water partition coefficient (Wildman–Crippen LogP) is 3.46. The van der Waals surface area contributed by atoms with Crippen LogP contribution in [0.15, 0.2) is 21.5 Å². The van der Waals surface area contributed by atoms with Crippen molar-refractivity contribution in [2.45, 2.75) is 32.6 Å². The Morgan fingerprint density at radius 1 is 1.35 bits per heavy atom. The Balaban J connectivity index is 3.20. The van der Waals surface area contributed by atoms with Gasteiger partial charge in [-0.05, 0) is 30.0 Å². The van der Waals surface area contributed by atoms with Crippen molar-refractivity contribution >= 4 is 41.6 Å². The predicted molar refractivity (Wildman–Crippen MR) is 83.7 cm³/mol. The van der Waals surface area contributed by atoms with Gasteiger partial charge in [-0.25, -0.2) is 8.42 Å². The van der Waals surface area contributed by atoms with E-state index in [2.05, 4.69) is 21.2 Å². The molecule has 1 rings (SSSR count). The van der Waals surface area contributed by atoms with E-state index in [1.54, 1.807) is 13.0 Å². The molecule has 0 aromatic heterocycles. The Hall–Kier alpha value is -0.590. The van der Waals surface area contributed by atoms with E-state index in [0.717, 1.165) is 0 Å². The lowest BCUT2D eigenvalue weighted by atomic mass is 9.96. The summed E-state index contributed by atoms with van der Waals surface area (Å²) in [6.07, 6.45) is 0. The van der Waals surface area contributed by atoms with Gasteiger partial charge in [0.15, 0.2) is 0 Å². The van der Waals surface area contributed by atoms with E-state index in [1.165, 1.54) is 6.07 Å². The summed E-state index contributed by atoms with van der Waals surface area (Å²) in [5.41, 5.74) is 0.578. The van der Waals surface area contributed by atoms with Crippen molar-refractivity contribution in [2.75, 3.05) is 6.54 Å². The topological polar surface area (TPSA) is 63.2 Å². The molecule has 0 aliphatic rings. The first-order chi connectivity index (χ1) is 8.92. The Morgan fingerprint density at radius 3 is 2.35 bits per heavy atom. The summed E-state index contributed by atoms with van der Waals surface area (Å²) in [4.78, 5) is 12.1. The van der Waals surface area contributed by atoms with Crippen LogP contribution in [0.2, 0.25) is 0 Å². The second-order valence-electron chi connectivity index (χ2n) is 5.76. The van der Waals surface area contributed by atoms with Gasteiger partial charge in [0.2, 0.25) is 0 Å².